The molecule has 0 aliphatic carbocycles. The van der Waals surface area contributed by atoms with Crippen LogP contribution in [0.2, 0.25) is 0 Å². The lowest BCUT2D eigenvalue weighted by Crippen LogP contribution is -2.17. The molecule has 2 N–H and O–H groups in total. The number of nitrogens with zero attached hydrogens (tertiary/aromatic N) is 2. The van der Waals surface area contributed by atoms with Crippen LogP contribution in [-0.2, 0) is 20.0 Å². The van der Waals surface area contributed by atoms with Crippen molar-refractivity contribution >= 4 is 0 Å². The summed E-state index contributed by atoms with van der Waals surface area (Å²) in [5.74, 6) is 0.353. The number of aromatic nitrogens is 2. The SMILES string of the molecule is Cc1ccc(O)c(CNCCc2ccn(C)n2)c1. The molecule has 1 heterocycles. The third-order valence-corrected chi connectivity index (χ3v) is 2.88. The summed E-state index contributed by atoms with van der Waals surface area (Å²) < 4.78 is 1.81. The highest BCUT2D eigenvalue weighted by molar-refractivity contribution is 5.35. The van der Waals surface area contributed by atoms with Gasteiger partial charge in [-0.05, 0) is 19.1 Å². The average Bonchev–Trinajstić information content (AvgIpc) is 2.75. The van der Waals surface area contributed by atoms with Gasteiger partial charge in [-0.15, -0.1) is 0 Å². The van der Waals surface area contributed by atoms with E-state index in [0.29, 0.717) is 12.3 Å². The second-order valence-electron chi connectivity index (χ2n) is 4.54. The fraction of sp³-hybridized carbons (Fsp3) is 0.357. The van der Waals surface area contributed by atoms with Gasteiger partial charge in [0.1, 0.15) is 5.75 Å². The molecule has 4 nitrogen and oxygen atoms in total. The molecular formula is C14H19N3O. The molecule has 0 bridgehead atoms. The molecule has 0 aliphatic rings. The monoisotopic (exact) mass is 245 g/mol. The van der Waals surface area contributed by atoms with Gasteiger partial charge in [-0.25, -0.2) is 0 Å². The zero-order valence-corrected chi connectivity index (χ0v) is 10.8. The van der Waals surface area contributed by atoms with Gasteiger partial charge >= 0.3 is 0 Å². The maximum Gasteiger partial charge on any atom is 0.120 e. The van der Waals surface area contributed by atoms with Gasteiger partial charge in [0.15, 0.2) is 0 Å². The van der Waals surface area contributed by atoms with Crippen molar-refractivity contribution in [2.24, 2.45) is 7.05 Å². The predicted octanol–water partition coefficient (Wildman–Crippen LogP) is 1.77. The normalized spacial score (nSPS) is 10.8. The molecule has 2 aromatic rings. The fourth-order valence-corrected chi connectivity index (χ4v) is 1.89. The minimum atomic E-state index is 0.353. The molecule has 0 unspecified atom stereocenters. The summed E-state index contributed by atoms with van der Waals surface area (Å²) in [6.07, 6.45) is 2.84. The molecular weight excluding hydrogens is 226 g/mol. The largest absolute Gasteiger partial charge is 0.508 e. The third-order valence-electron chi connectivity index (χ3n) is 2.88. The van der Waals surface area contributed by atoms with Crippen molar-refractivity contribution in [3.63, 3.8) is 0 Å². The quantitative estimate of drug-likeness (QED) is 0.789. The van der Waals surface area contributed by atoms with Gasteiger partial charge in [-0.1, -0.05) is 17.7 Å². The van der Waals surface area contributed by atoms with Crippen LogP contribution in [0, 0.1) is 6.92 Å². The van der Waals surface area contributed by atoms with Crippen LogP contribution < -0.4 is 5.32 Å². The first-order chi connectivity index (χ1) is 8.65. The molecule has 0 amide bonds. The number of benzene rings is 1. The molecule has 0 spiro atoms. The van der Waals surface area contributed by atoms with E-state index in [-0.39, 0.29) is 0 Å². The number of aromatic hydroxyl groups is 1. The third kappa shape index (κ3) is 3.34. The van der Waals surface area contributed by atoms with Gasteiger partial charge in [-0.2, -0.15) is 5.10 Å². The molecule has 0 fully saturated rings. The second-order valence-corrected chi connectivity index (χ2v) is 4.54. The van der Waals surface area contributed by atoms with Crippen molar-refractivity contribution in [1.82, 2.24) is 15.1 Å². The average molecular weight is 245 g/mol. The van der Waals surface area contributed by atoms with Crippen LogP contribution in [0.4, 0.5) is 0 Å². The molecule has 1 aromatic heterocycles. The van der Waals surface area contributed by atoms with Crippen LogP contribution in [0.1, 0.15) is 16.8 Å². The lowest BCUT2D eigenvalue weighted by molar-refractivity contribution is 0.464. The second kappa shape index (κ2) is 5.69. The van der Waals surface area contributed by atoms with Gasteiger partial charge in [0.05, 0.1) is 5.69 Å². The van der Waals surface area contributed by atoms with Crippen LogP contribution in [0.25, 0.3) is 0 Å². The van der Waals surface area contributed by atoms with Crippen molar-refractivity contribution < 1.29 is 5.11 Å². The van der Waals surface area contributed by atoms with Gasteiger partial charge in [-0.3, -0.25) is 4.68 Å². The van der Waals surface area contributed by atoms with Crippen LogP contribution in [0.3, 0.4) is 0 Å². The summed E-state index contributed by atoms with van der Waals surface area (Å²) >= 11 is 0. The standard InChI is InChI=1S/C14H19N3O/c1-11-3-4-14(18)12(9-11)10-15-7-5-13-6-8-17(2)16-13/h3-4,6,8-9,15,18H,5,7,10H2,1-2H3. The first kappa shape index (κ1) is 12.6. The molecule has 0 aliphatic heterocycles. The Morgan fingerprint density at radius 2 is 2.17 bits per heavy atom. The number of rotatable bonds is 5. The highest BCUT2D eigenvalue weighted by atomic mass is 16.3. The lowest BCUT2D eigenvalue weighted by Gasteiger charge is -2.07. The summed E-state index contributed by atoms with van der Waals surface area (Å²) in [6, 6.07) is 7.67. The summed E-state index contributed by atoms with van der Waals surface area (Å²) in [5, 5.41) is 17.3. The Bertz CT molecular complexity index is 520. The van der Waals surface area contributed by atoms with E-state index < -0.39 is 0 Å². The van der Waals surface area contributed by atoms with Crippen molar-refractivity contribution in [2.75, 3.05) is 6.54 Å². The first-order valence-corrected chi connectivity index (χ1v) is 6.13. The van der Waals surface area contributed by atoms with Crippen molar-refractivity contribution in [1.29, 1.82) is 0 Å². The van der Waals surface area contributed by atoms with E-state index in [1.165, 1.54) is 0 Å². The smallest absolute Gasteiger partial charge is 0.120 e. The van der Waals surface area contributed by atoms with Gasteiger partial charge in [0.25, 0.3) is 0 Å². The summed E-state index contributed by atoms with van der Waals surface area (Å²) in [5.41, 5.74) is 3.18. The van der Waals surface area contributed by atoms with E-state index in [2.05, 4.69) is 10.4 Å². The van der Waals surface area contributed by atoms with E-state index in [4.69, 9.17) is 0 Å². The number of hydrogen-bond acceptors (Lipinski definition) is 3. The Balaban J connectivity index is 1.80. The highest BCUT2D eigenvalue weighted by Gasteiger charge is 2.01. The van der Waals surface area contributed by atoms with Crippen molar-refractivity contribution in [2.45, 2.75) is 19.9 Å². The van der Waals surface area contributed by atoms with Crippen LogP contribution in [0.5, 0.6) is 5.75 Å². The number of nitrogens with one attached hydrogen (secondary N) is 1. The molecule has 0 radical (unpaired) electrons. The van der Waals surface area contributed by atoms with Crippen LogP contribution >= 0.6 is 0 Å². The maximum atomic E-state index is 9.70. The van der Waals surface area contributed by atoms with E-state index in [1.807, 2.05) is 43.0 Å². The molecule has 18 heavy (non-hydrogen) atoms. The first-order valence-electron chi connectivity index (χ1n) is 6.13. The van der Waals surface area contributed by atoms with Gasteiger partial charge in [0.2, 0.25) is 0 Å². The number of aryl methyl sites for hydroxylation is 2. The number of phenolic OH excluding ortho intramolecular Hbond substituents is 1. The predicted molar refractivity (Wildman–Crippen MR) is 71.5 cm³/mol. The highest BCUT2D eigenvalue weighted by Crippen LogP contribution is 2.17. The van der Waals surface area contributed by atoms with Crippen LogP contribution in [-0.4, -0.2) is 21.4 Å². The summed E-state index contributed by atoms with van der Waals surface area (Å²) in [7, 11) is 1.92. The van der Waals surface area contributed by atoms with E-state index in [0.717, 1.165) is 29.8 Å². The molecule has 0 saturated heterocycles. The maximum absolute atomic E-state index is 9.70. The molecule has 4 heteroatoms. The summed E-state index contributed by atoms with van der Waals surface area (Å²) in [6.45, 7) is 3.56. The molecule has 1 aromatic carbocycles. The topological polar surface area (TPSA) is 50.1 Å². The molecule has 0 atom stereocenters. The lowest BCUT2D eigenvalue weighted by atomic mass is 10.1. The molecule has 0 saturated carbocycles. The van der Waals surface area contributed by atoms with Crippen molar-refractivity contribution in [3.8, 4) is 5.75 Å². The summed E-state index contributed by atoms with van der Waals surface area (Å²) in [4.78, 5) is 0. The Labute approximate surface area is 107 Å². The number of phenols is 1. The minimum Gasteiger partial charge on any atom is -0.508 e. The van der Waals surface area contributed by atoms with E-state index in [9.17, 15) is 5.11 Å². The van der Waals surface area contributed by atoms with Crippen molar-refractivity contribution in [3.05, 3.63) is 47.3 Å². The Morgan fingerprint density at radius 1 is 1.33 bits per heavy atom. The molecule has 96 valence electrons. The van der Waals surface area contributed by atoms with Crippen LogP contribution in [0.15, 0.2) is 30.5 Å². The zero-order valence-electron chi connectivity index (χ0n) is 10.8. The minimum absolute atomic E-state index is 0.353. The Hall–Kier alpha value is -1.81. The van der Waals surface area contributed by atoms with E-state index >= 15 is 0 Å². The Morgan fingerprint density at radius 3 is 2.89 bits per heavy atom. The van der Waals surface area contributed by atoms with Gasteiger partial charge in [0, 0.05) is 38.3 Å². The van der Waals surface area contributed by atoms with Gasteiger partial charge < -0.3 is 10.4 Å². The zero-order chi connectivity index (χ0) is 13.0. The van der Waals surface area contributed by atoms with E-state index in [1.54, 1.807) is 6.07 Å². The molecule has 2 rings (SSSR count). The number of hydrogen-bond donors (Lipinski definition) is 2. The Kier molecular flexibility index (Phi) is 3.99. The fourth-order valence-electron chi connectivity index (χ4n) is 1.89.